The minimum atomic E-state index is -0.218. The van der Waals surface area contributed by atoms with Crippen molar-refractivity contribution in [3.05, 3.63) is 70.8 Å². The molecule has 0 fully saturated rings. The second-order valence-electron chi connectivity index (χ2n) is 5.18. The highest BCUT2D eigenvalue weighted by Crippen LogP contribution is 2.11. The largest absolute Gasteiger partial charge is 0.310 e. The van der Waals surface area contributed by atoms with Crippen LogP contribution >= 0.6 is 0 Å². The van der Waals surface area contributed by atoms with Gasteiger partial charge in [-0.25, -0.2) is 8.78 Å². The van der Waals surface area contributed by atoms with Crippen molar-refractivity contribution in [2.45, 2.75) is 32.9 Å². The zero-order valence-corrected chi connectivity index (χ0v) is 11.8. The van der Waals surface area contributed by atoms with E-state index in [-0.39, 0.29) is 17.7 Å². The predicted molar refractivity (Wildman–Crippen MR) is 77.5 cm³/mol. The van der Waals surface area contributed by atoms with E-state index in [4.69, 9.17) is 0 Å². The van der Waals surface area contributed by atoms with Crippen LogP contribution in [0.3, 0.4) is 0 Å². The lowest BCUT2D eigenvalue weighted by Crippen LogP contribution is -2.27. The zero-order valence-electron chi connectivity index (χ0n) is 11.8. The number of benzene rings is 2. The van der Waals surface area contributed by atoms with Gasteiger partial charge in [-0.15, -0.1) is 0 Å². The highest BCUT2D eigenvalue weighted by molar-refractivity contribution is 5.26. The predicted octanol–water partition coefficient (Wildman–Crippen LogP) is 3.99. The number of aryl methyl sites for hydroxylation is 1. The van der Waals surface area contributed by atoms with E-state index in [1.807, 2.05) is 6.92 Å². The van der Waals surface area contributed by atoms with Crippen LogP contribution in [0.25, 0.3) is 0 Å². The van der Waals surface area contributed by atoms with Gasteiger partial charge in [0, 0.05) is 12.6 Å². The molecule has 2 aromatic carbocycles. The Morgan fingerprint density at radius 1 is 1.00 bits per heavy atom. The maximum absolute atomic E-state index is 13.2. The second-order valence-corrected chi connectivity index (χ2v) is 5.18. The Bertz CT molecular complexity index is 564. The molecule has 106 valence electrons. The molecule has 0 amide bonds. The topological polar surface area (TPSA) is 12.0 Å². The average molecular weight is 275 g/mol. The molecule has 0 aliphatic heterocycles. The molecule has 0 saturated heterocycles. The summed E-state index contributed by atoms with van der Waals surface area (Å²) in [5.74, 6) is -0.427. The van der Waals surface area contributed by atoms with Gasteiger partial charge in [-0.2, -0.15) is 0 Å². The van der Waals surface area contributed by atoms with Gasteiger partial charge in [0.2, 0.25) is 0 Å². The normalized spacial score (nSPS) is 12.4. The Labute approximate surface area is 118 Å². The lowest BCUT2D eigenvalue weighted by molar-refractivity contribution is 0.540. The third kappa shape index (κ3) is 4.14. The first-order valence-corrected chi connectivity index (χ1v) is 6.77. The molecule has 0 heterocycles. The molecule has 1 nitrogen and oxygen atoms in total. The minimum absolute atomic E-state index is 0.210. The van der Waals surface area contributed by atoms with E-state index in [0.717, 1.165) is 23.1 Å². The summed E-state index contributed by atoms with van der Waals surface area (Å²) < 4.78 is 26.0. The highest BCUT2D eigenvalue weighted by atomic mass is 19.1. The fraction of sp³-hybridized carbons (Fsp3) is 0.294. The minimum Gasteiger partial charge on any atom is -0.310 e. The maximum Gasteiger partial charge on any atom is 0.123 e. The van der Waals surface area contributed by atoms with Gasteiger partial charge in [-0.3, -0.25) is 0 Å². The molecule has 0 radical (unpaired) electrons. The lowest BCUT2D eigenvalue weighted by atomic mass is 10.1. The van der Waals surface area contributed by atoms with Gasteiger partial charge in [0.1, 0.15) is 11.6 Å². The molecule has 1 unspecified atom stereocenters. The summed E-state index contributed by atoms with van der Waals surface area (Å²) in [6.07, 6.45) is 0.814. The van der Waals surface area contributed by atoms with Gasteiger partial charge >= 0.3 is 0 Å². The van der Waals surface area contributed by atoms with Crippen LogP contribution in [0.4, 0.5) is 8.78 Å². The Balaban J connectivity index is 1.90. The zero-order chi connectivity index (χ0) is 14.5. The van der Waals surface area contributed by atoms with Gasteiger partial charge < -0.3 is 5.32 Å². The van der Waals surface area contributed by atoms with Crippen LogP contribution in [0, 0.1) is 18.6 Å². The first kappa shape index (κ1) is 14.7. The molecule has 1 N–H and O–H groups in total. The van der Waals surface area contributed by atoms with E-state index < -0.39 is 0 Å². The summed E-state index contributed by atoms with van der Waals surface area (Å²) in [5.41, 5.74) is 3.13. The third-order valence-corrected chi connectivity index (χ3v) is 3.41. The smallest absolute Gasteiger partial charge is 0.123 e. The number of halogens is 2. The number of hydrogen-bond donors (Lipinski definition) is 1. The van der Waals surface area contributed by atoms with Crippen LogP contribution in [-0.4, -0.2) is 6.04 Å². The van der Waals surface area contributed by atoms with E-state index in [1.165, 1.54) is 18.2 Å². The van der Waals surface area contributed by atoms with Crippen molar-refractivity contribution >= 4 is 0 Å². The Morgan fingerprint density at radius 2 is 1.65 bits per heavy atom. The van der Waals surface area contributed by atoms with E-state index in [0.29, 0.717) is 6.54 Å². The molecule has 0 aromatic heterocycles. The summed E-state index contributed by atoms with van der Waals surface area (Å²) in [6, 6.07) is 11.6. The maximum atomic E-state index is 13.2. The van der Waals surface area contributed by atoms with Gasteiger partial charge in [0.25, 0.3) is 0 Å². The van der Waals surface area contributed by atoms with Crippen molar-refractivity contribution in [1.29, 1.82) is 0 Å². The van der Waals surface area contributed by atoms with Crippen molar-refractivity contribution in [2.75, 3.05) is 0 Å². The van der Waals surface area contributed by atoms with Crippen molar-refractivity contribution in [2.24, 2.45) is 0 Å². The van der Waals surface area contributed by atoms with E-state index in [1.54, 1.807) is 24.3 Å². The molecule has 3 heteroatoms. The van der Waals surface area contributed by atoms with Gasteiger partial charge in [0.05, 0.1) is 0 Å². The molecule has 1 atom stereocenters. The molecule has 0 aliphatic carbocycles. The standard InChI is InChI=1S/C17H19F2N/c1-12-3-6-17(19)10-15(12)11-20-13(2)9-14-4-7-16(18)8-5-14/h3-8,10,13,20H,9,11H2,1-2H3. The van der Waals surface area contributed by atoms with Crippen LogP contribution in [0.1, 0.15) is 23.6 Å². The first-order chi connectivity index (χ1) is 9.54. The molecule has 2 aromatic rings. The van der Waals surface area contributed by atoms with Crippen LogP contribution < -0.4 is 5.32 Å². The fourth-order valence-corrected chi connectivity index (χ4v) is 2.16. The Morgan fingerprint density at radius 3 is 2.35 bits per heavy atom. The van der Waals surface area contributed by atoms with Crippen LogP contribution in [0.15, 0.2) is 42.5 Å². The summed E-state index contributed by atoms with van der Waals surface area (Å²) in [6.45, 7) is 4.67. The average Bonchev–Trinajstić information content (AvgIpc) is 2.42. The quantitative estimate of drug-likeness (QED) is 0.870. The van der Waals surface area contributed by atoms with Crippen LogP contribution in [-0.2, 0) is 13.0 Å². The molecule has 20 heavy (non-hydrogen) atoms. The Kier molecular flexibility index (Phi) is 4.85. The lowest BCUT2D eigenvalue weighted by Gasteiger charge is -2.15. The van der Waals surface area contributed by atoms with E-state index in [2.05, 4.69) is 12.2 Å². The number of nitrogens with one attached hydrogen (secondary N) is 1. The van der Waals surface area contributed by atoms with E-state index >= 15 is 0 Å². The van der Waals surface area contributed by atoms with Crippen LogP contribution in [0.2, 0.25) is 0 Å². The molecule has 0 aliphatic rings. The molecule has 0 saturated carbocycles. The third-order valence-electron chi connectivity index (χ3n) is 3.41. The van der Waals surface area contributed by atoms with Crippen LogP contribution in [0.5, 0.6) is 0 Å². The van der Waals surface area contributed by atoms with Crippen molar-refractivity contribution < 1.29 is 8.78 Å². The van der Waals surface area contributed by atoms with Crippen molar-refractivity contribution in [3.63, 3.8) is 0 Å². The fourth-order valence-electron chi connectivity index (χ4n) is 2.16. The summed E-state index contributed by atoms with van der Waals surface area (Å²) in [7, 11) is 0. The number of rotatable bonds is 5. The molecular weight excluding hydrogens is 256 g/mol. The Hall–Kier alpha value is -1.74. The summed E-state index contributed by atoms with van der Waals surface area (Å²) >= 11 is 0. The van der Waals surface area contributed by atoms with E-state index in [9.17, 15) is 8.78 Å². The molecule has 0 bridgehead atoms. The molecule has 2 rings (SSSR count). The second kappa shape index (κ2) is 6.62. The SMILES string of the molecule is Cc1ccc(F)cc1CNC(C)Cc1ccc(F)cc1. The van der Waals surface area contributed by atoms with Gasteiger partial charge in [-0.1, -0.05) is 18.2 Å². The number of hydrogen-bond acceptors (Lipinski definition) is 1. The summed E-state index contributed by atoms with van der Waals surface area (Å²) in [5, 5.41) is 3.37. The van der Waals surface area contributed by atoms with Gasteiger partial charge in [-0.05, 0) is 61.2 Å². The van der Waals surface area contributed by atoms with Crippen molar-refractivity contribution in [1.82, 2.24) is 5.32 Å². The monoisotopic (exact) mass is 275 g/mol. The molecular formula is C17H19F2N. The summed E-state index contributed by atoms with van der Waals surface area (Å²) in [4.78, 5) is 0. The van der Waals surface area contributed by atoms with Gasteiger partial charge in [0.15, 0.2) is 0 Å². The highest BCUT2D eigenvalue weighted by Gasteiger charge is 2.06. The molecule has 0 spiro atoms. The first-order valence-electron chi connectivity index (χ1n) is 6.77. The van der Waals surface area contributed by atoms with Crippen molar-refractivity contribution in [3.8, 4) is 0 Å².